The number of methoxy groups -OCH3 is 1. The fourth-order valence-corrected chi connectivity index (χ4v) is 3.91. The fraction of sp³-hybridized carbons (Fsp3) is 0.438. The Hall–Kier alpha value is -0.810. The van der Waals surface area contributed by atoms with Crippen molar-refractivity contribution in [2.45, 2.75) is 33.6 Å². The van der Waals surface area contributed by atoms with Crippen LogP contribution in [0.2, 0.25) is 0 Å². The third-order valence-electron chi connectivity index (χ3n) is 3.56. The van der Waals surface area contributed by atoms with Crippen molar-refractivity contribution >= 4 is 48.5 Å². The van der Waals surface area contributed by atoms with Crippen LogP contribution in [0.4, 0.5) is 5.69 Å². The molecule has 0 saturated heterocycles. The third kappa shape index (κ3) is 3.04. The molecule has 1 aromatic heterocycles. The van der Waals surface area contributed by atoms with Crippen LogP contribution in [-0.4, -0.2) is 18.6 Å². The van der Waals surface area contributed by atoms with Crippen molar-refractivity contribution in [3.8, 4) is 5.75 Å². The van der Waals surface area contributed by atoms with Crippen molar-refractivity contribution in [3.05, 3.63) is 26.3 Å². The molecule has 114 valence electrons. The second kappa shape index (κ2) is 6.97. The molecule has 2 aromatic rings. The Kier molecular flexibility index (Phi) is 5.49. The van der Waals surface area contributed by atoms with Crippen molar-refractivity contribution in [1.29, 1.82) is 0 Å². The van der Waals surface area contributed by atoms with Gasteiger partial charge in [0.15, 0.2) is 0 Å². The topological polar surface area (TPSA) is 34.2 Å². The lowest BCUT2D eigenvalue weighted by atomic mass is 10.0. The molecule has 0 amide bonds. The van der Waals surface area contributed by atoms with Gasteiger partial charge in [-0.05, 0) is 63.3 Å². The van der Waals surface area contributed by atoms with E-state index in [1.54, 1.807) is 7.11 Å². The van der Waals surface area contributed by atoms with Gasteiger partial charge in [0.1, 0.15) is 5.75 Å². The molecule has 0 saturated carbocycles. The number of hydrogen-bond acceptors (Lipinski definition) is 3. The van der Waals surface area contributed by atoms with Crippen LogP contribution in [0, 0.1) is 6.92 Å². The highest BCUT2D eigenvalue weighted by molar-refractivity contribution is 9.11. The molecule has 0 fully saturated rings. The number of benzene rings is 1. The third-order valence-corrected chi connectivity index (χ3v) is 4.75. The molecule has 0 radical (unpaired) electrons. The van der Waals surface area contributed by atoms with E-state index < -0.39 is 0 Å². The van der Waals surface area contributed by atoms with Gasteiger partial charge in [-0.2, -0.15) is 0 Å². The van der Waals surface area contributed by atoms with E-state index in [0.29, 0.717) is 0 Å². The number of rotatable bonds is 5. The second-order valence-electron chi connectivity index (χ2n) is 4.94. The number of halogens is 2. The highest BCUT2D eigenvalue weighted by Crippen LogP contribution is 2.43. The van der Waals surface area contributed by atoms with Crippen LogP contribution in [-0.2, 0) is 6.42 Å². The Morgan fingerprint density at radius 1 is 1.24 bits per heavy atom. The lowest BCUT2D eigenvalue weighted by Gasteiger charge is -2.19. The Morgan fingerprint density at radius 3 is 2.52 bits per heavy atom. The van der Waals surface area contributed by atoms with Crippen molar-refractivity contribution < 1.29 is 4.74 Å². The number of anilines is 1. The van der Waals surface area contributed by atoms with E-state index in [9.17, 15) is 0 Å². The maximum Gasteiger partial charge on any atom is 0.144 e. The first kappa shape index (κ1) is 16.6. The number of aromatic nitrogens is 1. The summed E-state index contributed by atoms with van der Waals surface area (Å²) in [7, 11) is 1.69. The van der Waals surface area contributed by atoms with Crippen LogP contribution < -0.4 is 10.1 Å². The first-order chi connectivity index (χ1) is 10.0. The van der Waals surface area contributed by atoms with Gasteiger partial charge < -0.3 is 10.1 Å². The van der Waals surface area contributed by atoms with Crippen LogP contribution >= 0.6 is 31.9 Å². The average molecular weight is 416 g/mol. The molecular formula is C16H20Br2N2O. The summed E-state index contributed by atoms with van der Waals surface area (Å²) in [6.45, 7) is 7.35. The molecule has 0 spiro atoms. The SMILES string of the molecule is CCCNc1c(C)c(CC)nc2c(Br)cc(Br)c(OC)c12. The number of ether oxygens (including phenoxy) is 1. The Bertz CT molecular complexity index is 671. The van der Waals surface area contributed by atoms with Crippen LogP contribution in [0.1, 0.15) is 31.5 Å². The van der Waals surface area contributed by atoms with Crippen molar-refractivity contribution in [1.82, 2.24) is 4.98 Å². The van der Waals surface area contributed by atoms with E-state index in [2.05, 4.69) is 57.9 Å². The molecule has 1 aromatic carbocycles. The van der Waals surface area contributed by atoms with Crippen LogP contribution in [0.5, 0.6) is 5.75 Å². The van der Waals surface area contributed by atoms with Gasteiger partial charge in [0.05, 0.1) is 28.2 Å². The van der Waals surface area contributed by atoms with Crippen LogP contribution in [0.15, 0.2) is 15.0 Å². The normalized spacial score (nSPS) is 11.0. The van der Waals surface area contributed by atoms with Gasteiger partial charge in [-0.25, -0.2) is 0 Å². The summed E-state index contributed by atoms with van der Waals surface area (Å²) < 4.78 is 7.51. The van der Waals surface area contributed by atoms with Gasteiger partial charge in [-0.1, -0.05) is 13.8 Å². The Morgan fingerprint density at radius 2 is 1.95 bits per heavy atom. The zero-order valence-corrected chi connectivity index (χ0v) is 16.0. The fourth-order valence-electron chi connectivity index (χ4n) is 2.50. The summed E-state index contributed by atoms with van der Waals surface area (Å²) in [6, 6.07) is 1.99. The highest BCUT2D eigenvalue weighted by Gasteiger charge is 2.19. The monoisotopic (exact) mass is 414 g/mol. The quantitative estimate of drug-likeness (QED) is 0.703. The molecule has 21 heavy (non-hydrogen) atoms. The molecule has 3 nitrogen and oxygen atoms in total. The summed E-state index contributed by atoms with van der Waals surface area (Å²) >= 11 is 7.21. The lowest BCUT2D eigenvalue weighted by molar-refractivity contribution is 0.417. The predicted molar refractivity (Wildman–Crippen MR) is 96.6 cm³/mol. The first-order valence-corrected chi connectivity index (χ1v) is 8.72. The largest absolute Gasteiger partial charge is 0.495 e. The molecule has 0 atom stereocenters. The van der Waals surface area contributed by atoms with Crippen LogP contribution in [0.25, 0.3) is 10.9 Å². The van der Waals surface area contributed by atoms with E-state index in [1.807, 2.05) is 6.07 Å². The smallest absolute Gasteiger partial charge is 0.144 e. The minimum Gasteiger partial charge on any atom is -0.495 e. The Labute approximate surface area is 142 Å². The molecule has 0 aliphatic carbocycles. The summed E-state index contributed by atoms with van der Waals surface area (Å²) in [5.74, 6) is 0.824. The van der Waals surface area contributed by atoms with E-state index in [4.69, 9.17) is 9.72 Å². The average Bonchev–Trinajstić information content (AvgIpc) is 2.46. The van der Waals surface area contributed by atoms with Crippen molar-refractivity contribution in [3.63, 3.8) is 0 Å². The molecule has 1 N–H and O–H groups in total. The van der Waals surface area contributed by atoms with Crippen molar-refractivity contribution in [2.24, 2.45) is 0 Å². The molecule has 0 aliphatic heterocycles. The summed E-state index contributed by atoms with van der Waals surface area (Å²) in [6.07, 6.45) is 1.98. The number of aryl methyl sites for hydroxylation is 1. The number of pyridine rings is 1. The standard InChI is InChI=1S/C16H20Br2N2O/c1-5-7-19-14-9(3)12(6-2)20-15-10(17)8-11(18)16(21-4)13(14)15/h8H,5-7H2,1-4H3,(H,19,20). The van der Waals surface area contributed by atoms with E-state index in [0.717, 1.165) is 56.4 Å². The summed E-state index contributed by atoms with van der Waals surface area (Å²) in [4.78, 5) is 4.82. The van der Waals surface area contributed by atoms with Gasteiger partial charge in [0.2, 0.25) is 0 Å². The van der Waals surface area contributed by atoms with Crippen molar-refractivity contribution in [2.75, 3.05) is 19.0 Å². The minimum atomic E-state index is 0.824. The lowest BCUT2D eigenvalue weighted by Crippen LogP contribution is -2.07. The van der Waals surface area contributed by atoms with Gasteiger partial charge in [0.25, 0.3) is 0 Å². The maximum atomic E-state index is 5.61. The molecule has 0 bridgehead atoms. The van der Waals surface area contributed by atoms with Gasteiger partial charge in [0, 0.05) is 16.7 Å². The Balaban J connectivity index is 2.89. The van der Waals surface area contributed by atoms with Crippen LogP contribution in [0.3, 0.4) is 0 Å². The van der Waals surface area contributed by atoms with Gasteiger partial charge in [-0.3, -0.25) is 4.98 Å². The summed E-state index contributed by atoms with van der Waals surface area (Å²) in [5.41, 5.74) is 4.38. The molecular weight excluding hydrogens is 396 g/mol. The molecule has 0 unspecified atom stereocenters. The molecule has 5 heteroatoms. The first-order valence-electron chi connectivity index (χ1n) is 7.14. The van der Waals surface area contributed by atoms with E-state index in [-0.39, 0.29) is 0 Å². The maximum absolute atomic E-state index is 5.61. The number of nitrogens with zero attached hydrogens (tertiary/aromatic N) is 1. The van der Waals surface area contributed by atoms with E-state index >= 15 is 0 Å². The number of nitrogens with one attached hydrogen (secondary N) is 1. The molecule has 0 aliphatic rings. The zero-order valence-electron chi connectivity index (χ0n) is 12.8. The number of hydrogen-bond donors (Lipinski definition) is 1. The minimum absolute atomic E-state index is 0.824. The molecule has 2 rings (SSSR count). The zero-order chi connectivity index (χ0) is 15.6. The van der Waals surface area contributed by atoms with E-state index in [1.165, 1.54) is 5.56 Å². The summed E-state index contributed by atoms with van der Waals surface area (Å²) in [5, 5.41) is 4.58. The van der Waals surface area contributed by atoms with Gasteiger partial charge >= 0.3 is 0 Å². The molecule has 1 heterocycles. The van der Waals surface area contributed by atoms with Gasteiger partial charge in [-0.15, -0.1) is 0 Å². The highest BCUT2D eigenvalue weighted by atomic mass is 79.9. The number of fused-ring (bicyclic) bond motifs is 1. The predicted octanol–water partition coefficient (Wildman–Crippen LogP) is 5.46. The second-order valence-corrected chi connectivity index (χ2v) is 6.64.